The number of benzene rings is 1. The van der Waals surface area contributed by atoms with Gasteiger partial charge in [-0.15, -0.1) is 0 Å². The van der Waals surface area contributed by atoms with E-state index in [1.165, 1.54) is 0 Å². The van der Waals surface area contributed by atoms with Crippen molar-refractivity contribution < 1.29 is 19.1 Å². The lowest BCUT2D eigenvalue weighted by Gasteiger charge is -2.39. The highest BCUT2D eigenvalue weighted by Crippen LogP contribution is 2.46. The van der Waals surface area contributed by atoms with Gasteiger partial charge in [0.1, 0.15) is 6.61 Å². The molecule has 1 aromatic carbocycles. The molecule has 0 amide bonds. The van der Waals surface area contributed by atoms with E-state index in [-0.39, 0.29) is 17.8 Å². The lowest BCUT2D eigenvalue weighted by atomic mass is 9.68. The van der Waals surface area contributed by atoms with Crippen LogP contribution in [0.2, 0.25) is 0 Å². The number of ether oxygens (including phenoxy) is 2. The molecule has 28 heavy (non-hydrogen) atoms. The molecule has 1 aliphatic heterocycles. The molecule has 1 heterocycles. The molecular formula is C23H29NO4. The fourth-order valence-corrected chi connectivity index (χ4v) is 4.09. The number of aryl methyl sites for hydroxylation is 1. The van der Waals surface area contributed by atoms with Crippen LogP contribution in [0.15, 0.2) is 46.8 Å². The highest BCUT2D eigenvalue weighted by molar-refractivity contribution is 6.04. The summed E-state index contributed by atoms with van der Waals surface area (Å²) in [5.41, 5.74) is 4.85. The molecule has 0 unspecified atom stereocenters. The van der Waals surface area contributed by atoms with Crippen molar-refractivity contribution in [1.82, 2.24) is 5.32 Å². The first-order valence-electron chi connectivity index (χ1n) is 9.70. The normalized spacial score (nSPS) is 21.3. The lowest BCUT2D eigenvalue weighted by Crippen LogP contribution is -2.38. The van der Waals surface area contributed by atoms with Gasteiger partial charge in [0.05, 0.1) is 12.2 Å². The summed E-state index contributed by atoms with van der Waals surface area (Å²) in [6.45, 7) is 8.62. The number of rotatable bonds is 5. The fourth-order valence-electron chi connectivity index (χ4n) is 4.09. The molecule has 5 nitrogen and oxygen atoms in total. The van der Waals surface area contributed by atoms with E-state index in [2.05, 4.69) is 19.2 Å². The summed E-state index contributed by atoms with van der Waals surface area (Å²) in [4.78, 5) is 26.1. The second-order valence-corrected chi connectivity index (χ2v) is 8.47. The minimum atomic E-state index is -0.407. The molecule has 3 rings (SSSR count). The van der Waals surface area contributed by atoms with Gasteiger partial charge in [-0.1, -0.05) is 43.7 Å². The average molecular weight is 383 g/mol. The molecule has 1 N–H and O–H groups in total. The van der Waals surface area contributed by atoms with Gasteiger partial charge in [0.15, 0.2) is 5.78 Å². The standard InChI is InChI=1S/C23H29NO4/c1-14-6-8-16(9-7-14)20-19(22(26)28-11-10-27-5)15(2)24-17-12-23(3,4)13-18(25)21(17)20/h6-9,20,24H,10-13H2,1-5H3/t20-/m1/s1. The minimum absolute atomic E-state index is 0.0963. The number of methoxy groups -OCH3 is 1. The first-order valence-corrected chi connectivity index (χ1v) is 9.70. The number of allylic oxidation sites excluding steroid dienone is 3. The Labute approximate surface area is 166 Å². The molecule has 1 atom stereocenters. The topological polar surface area (TPSA) is 64.6 Å². The number of nitrogens with one attached hydrogen (secondary N) is 1. The third-order valence-corrected chi connectivity index (χ3v) is 5.39. The number of ketones is 1. The van der Waals surface area contributed by atoms with Gasteiger partial charge in [-0.3, -0.25) is 4.79 Å². The molecule has 0 spiro atoms. The quantitative estimate of drug-likeness (QED) is 0.619. The molecule has 150 valence electrons. The molecule has 0 aromatic heterocycles. The van der Waals surface area contributed by atoms with Crippen molar-refractivity contribution >= 4 is 11.8 Å². The summed E-state index contributed by atoms with van der Waals surface area (Å²) in [6, 6.07) is 8.02. The van der Waals surface area contributed by atoms with E-state index < -0.39 is 11.9 Å². The molecule has 0 bridgehead atoms. The summed E-state index contributed by atoms with van der Waals surface area (Å²) in [5.74, 6) is -0.716. The zero-order chi connectivity index (χ0) is 20.5. The summed E-state index contributed by atoms with van der Waals surface area (Å²) in [7, 11) is 1.56. The van der Waals surface area contributed by atoms with Crippen molar-refractivity contribution in [3.63, 3.8) is 0 Å². The summed E-state index contributed by atoms with van der Waals surface area (Å²) < 4.78 is 10.4. The molecule has 0 radical (unpaired) electrons. The van der Waals surface area contributed by atoms with E-state index in [0.717, 1.165) is 28.9 Å². The zero-order valence-electron chi connectivity index (χ0n) is 17.3. The Hall–Kier alpha value is -2.40. The number of hydrogen-bond acceptors (Lipinski definition) is 5. The largest absolute Gasteiger partial charge is 0.460 e. The average Bonchev–Trinajstić information content (AvgIpc) is 2.60. The molecule has 2 aliphatic rings. The van der Waals surface area contributed by atoms with Crippen molar-refractivity contribution in [3.05, 3.63) is 57.9 Å². The van der Waals surface area contributed by atoms with Gasteiger partial charge in [-0.25, -0.2) is 4.79 Å². The monoisotopic (exact) mass is 383 g/mol. The van der Waals surface area contributed by atoms with E-state index in [1.54, 1.807) is 7.11 Å². The van der Waals surface area contributed by atoms with Crippen molar-refractivity contribution in [1.29, 1.82) is 0 Å². The molecule has 1 aromatic rings. The molecular weight excluding hydrogens is 354 g/mol. The second kappa shape index (κ2) is 7.92. The van der Waals surface area contributed by atoms with Gasteiger partial charge in [0, 0.05) is 36.4 Å². The van der Waals surface area contributed by atoms with E-state index >= 15 is 0 Å². The number of dihydropyridines is 1. The number of carbonyl (C=O) groups is 2. The smallest absolute Gasteiger partial charge is 0.336 e. The van der Waals surface area contributed by atoms with Crippen LogP contribution < -0.4 is 5.32 Å². The van der Waals surface area contributed by atoms with E-state index in [1.807, 2.05) is 38.1 Å². The van der Waals surface area contributed by atoms with E-state index in [9.17, 15) is 9.59 Å². The van der Waals surface area contributed by atoms with Crippen LogP contribution in [0.4, 0.5) is 0 Å². The number of esters is 1. The number of carbonyl (C=O) groups excluding carboxylic acids is 2. The Morgan fingerprint density at radius 2 is 1.82 bits per heavy atom. The maximum atomic E-state index is 13.1. The van der Waals surface area contributed by atoms with Crippen molar-refractivity contribution in [2.45, 2.75) is 46.5 Å². The highest BCUT2D eigenvalue weighted by atomic mass is 16.6. The van der Waals surface area contributed by atoms with Crippen molar-refractivity contribution in [2.75, 3.05) is 20.3 Å². The Morgan fingerprint density at radius 1 is 1.14 bits per heavy atom. The van der Waals surface area contributed by atoms with Gasteiger partial charge < -0.3 is 14.8 Å². The highest BCUT2D eigenvalue weighted by Gasteiger charge is 2.43. The van der Waals surface area contributed by atoms with Crippen LogP contribution in [0.1, 0.15) is 50.7 Å². The van der Waals surface area contributed by atoms with Gasteiger partial charge in [0.25, 0.3) is 0 Å². The molecule has 0 fully saturated rings. The predicted octanol–water partition coefficient (Wildman–Crippen LogP) is 3.79. The SMILES string of the molecule is COCCOC(=O)C1=C(C)NC2=C(C(=O)CC(C)(C)C2)[C@@H]1c1ccc(C)cc1. The third kappa shape index (κ3) is 4.04. The first-order chi connectivity index (χ1) is 13.2. The number of hydrogen-bond donors (Lipinski definition) is 1. The molecule has 0 saturated heterocycles. The molecule has 1 aliphatic carbocycles. The van der Waals surface area contributed by atoms with E-state index in [0.29, 0.717) is 24.2 Å². The van der Waals surface area contributed by atoms with Gasteiger partial charge >= 0.3 is 5.97 Å². The van der Waals surface area contributed by atoms with Crippen LogP contribution in [-0.2, 0) is 19.1 Å². The van der Waals surface area contributed by atoms with Gasteiger partial charge in [-0.05, 0) is 31.2 Å². The van der Waals surface area contributed by atoms with Gasteiger partial charge in [0.2, 0.25) is 0 Å². The maximum Gasteiger partial charge on any atom is 0.336 e. The Bertz CT molecular complexity index is 846. The Morgan fingerprint density at radius 3 is 2.46 bits per heavy atom. The van der Waals surface area contributed by atoms with Crippen LogP contribution in [0.3, 0.4) is 0 Å². The van der Waals surface area contributed by atoms with Gasteiger partial charge in [-0.2, -0.15) is 0 Å². The summed E-state index contributed by atoms with van der Waals surface area (Å²) in [6.07, 6.45) is 1.25. The maximum absolute atomic E-state index is 13.1. The van der Waals surface area contributed by atoms with E-state index in [4.69, 9.17) is 9.47 Å². The van der Waals surface area contributed by atoms with Crippen molar-refractivity contribution in [2.24, 2.45) is 5.41 Å². The second-order valence-electron chi connectivity index (χ2n) is 8.47. The fraction of sp³-hybridized carbons (Fsp3) is 0.478. The number of Topliss-reactive ketones (excluding diaryl/α,β-unsaturated/α-hetero) is 1. The summed E-state index contributed by atoms with van der Waals surface area (Å²) >= 11 is 0. The lowest BCUT2D eigenvalue weighted by molar-refractivity contribution is -0.140. The van der Waals surface area contributed by atoms with Crippen molar-refractivity contribution in [3.8, 4) is 0 Å². The summed E-state index contributed by atoms with van der Waals surface area (Å²) in [5, 5.41) is 3.34. The zero-order valence-corrected chi connectivity index (χ0v) is 17.3. The first kappa shape index (κ1) is 20.3. The molecule has 5 heteroatoms. The van der Waals surface area contributed by atoms with Crippen LogP contribution in [-0.4, -0.2) is 32.1 Å². The minimum Gasteiger partial charge on any atom is -0.460 e. The molecule has 0 saturated carbocycles. The van der Waals surface area contributed by atoms with Crippen LogP contribution in [0, 0.1) is 12.3 Å². The predicted molar refractivity (Wildman–Crippen MR) is 108 cm³/mol. The van der Waals surface area contributed by atoms with Crippen LogP contribution in [0.5, 0.6) is 0 Å². The third-order valence-electron chi connectivity index (χ3n) is 5.39. The van der Waals surface area contributed by atoms with Crippen LogP contribution in [0.25, 0.3) is 0 Å². The Balaban J connectivity index is 2.07. The Kier molecular flexibility index (Phi) is 5.75. The van der Waals surface area contributed by atoms with Crippen LogP contribution >= 0.6 is 0 Å².